The van der Waals surface area contributed by atoms with E-state index in [-0.39, 0.29) is 5.78 Å². The van der Waals surface area contributed by atoms with Gasteiger partial charge in [-0.15, -0.1) is 0 Å². The predicted molar refractivity (Wildman–Crippen MR) is 72.6 cm³/mol. The fourth-order valence-electron chi connectivity index (χ4n) is 1.37. The molecule has 0 atom stereocenters. The van der Waals surface area contributed by atoms with E-state index in [9.17, 15) is 4.79 Å². The average Bonchev–Trinajstić information content (AvgIpc) is 2.29. The van der Waals surface area contributed by atoms with E-state index in [2.05, 4.69) is 13.8 Å². The second-order valence-corrected chi connectivity index (χ2v) is 4.93. The maximum atomic E-state index is 11.2. The lowest BCUT2D eigenvalue weighted by Gasteiger charge is -2.10. The fourth-order valence-corrected chi connectivity index (χ4v) is 1.60. The van der Waals surface area contributed by atoms with Crippen LogP contribution in [0.5, 0.6) is 5.75 Å². The van der Waals surface area contributed by atoms with Gasteiger partial charge in [0, 0.05) is 12.2 Å². The Kier molecular flexibility index (Phi) is 6.16. The van der Waals surface area contributed by atoms with Gasteiger partial charge in [-0.2, -0.15) is 0 Å². The summed E-state index contributed by atoms with van der Waals surface area (Å²) in [6.07, 6.45) is 0. The molecule has 0 aliphatic heterocycles. The van der Waals surface area contributed by atoms with Gasteiger partial charge in [0.15, 0.2) is 5.78 Å². The van der Waals surface area contributed by atoms with Crippen LogP contribution in [0.3, 0.4) is 0 Å². The van der Waals surface area contributed by atoms with Gasteiger partial charge in [-0.25, -0.2) is 0 Å². The van der Waals surface area contributed by atoms with Crippen molar-refractivity contribution in [3.63, 3.8) is 0 Å². The van der Waals surface area contributed by atoms with Gasteiger partial charge in [0.05, 0.1) is 11.6 Å². The zero-order chi connectivity index (χ0) is 13.5. The number of hydrogen-bond donors (Lipinski definition) is 0. The number of carbonyl (C=O) groups excluding carboxylic acids is 1. The normalized spacial score (nSPS) is 10.7. The topological polar surface area (TPSA) is 35.5 Å². The first kappa shape index (κ1) is 15.0. The summed E-state index contributed by atoms with van der Waals surface area (Å²) in [4.78, 5) is 11.2. The molecule has 0 saturated carbocycles. The molecule has 3 nitrogen and oxygen atoms in total. The quantitative estimate of drug-likeness (QED) is 0.561. The van der Waals surface area contributed by atoms with Gasteiger partial charge in [-0.05, 0) is 31.0 Å². The Morgan fingerprint density at radius 2 is 2.06 bits per heavy atom. The molecule has 1 aromatic carbocycles. The van der Waals surface area contributed by atoms with Crippen LogP contribution in [0.25, 0.3) is 0 Å². The number of carbonyl (C=O) groups is 1. The van der Waals surface area contributed by atoms with E-state index in [1.165, 1.54) is 6.92 Å². The van der Waals surface area contributed by atoms with Gasteiger partial charge >= 0.3 is 0 Å². The summed E-state index contributed by atoms with van der Waals surface area (Å²) >= 11 is 6.02. The van der Waals surface area contributed by atoms with Crippen molar-refractivity contribution in [3.05, 3.63) is 28.8 Å². The Morgan fingerprint density at radius 1 is 1.33 bits per heavy atom. The summed E-state index contributed by atoms with van der Waals surface area (Å²) in [5.41, 5.74) is 0.586. The highest BCUT2D eigenvalue weighted by atomic mass is 35.5. The molecule has 0 bridgehead atoms. The van der Waals surface area contributed by atoms with Crippen molar-refractivity contribution < 1.29 is 14.3 Å². The third-order valence-corrected chi connectivity index (χ3v) is 2.57. The van der Waals surface area contributed by atoms with Gasteiger partial charge < -0.3 is 9.47 Å². The number of halogens is 1. The average molecular weight is 271 g/mol. The molecule has 1 aromatic rings. The number of benzene rings is 1. The van der Waals surface area contributed by atoms with Gasteiger partial charge in [0.25, 0.3) is 0 Å². The van der Waals surface area contributed by atoms with Gasteiger partial charge in [0.2, 0.25) is 0 Å². The van der Waals surface area contributed by atoms with E-state index in [1.807, 2.05) is 0 Å². The molecule has 0 saturated heterocycles. The summed E-state index contributed by atoms with van der Waals surface area (Å²) < 4.78 is 10.9. The Morgan fingerprint density at radius 3 is 2.61 bits per heavy atom. The van der Waals surface area contributed by atoms with Crippen LogP contribution >= 0.6 is 11.6 Å². The van der Waals surface area contributed by atoms with E-state index in [1.54, 1.807) is 18.2 Å². The molecule has 0 aliphatic rings. The van der Waals surface area contributed by atoms with E-state index >= 15 is 0 Å². The summed E-state index contributed by atoms with van der Waals surface area (Å²) in [6, 6.07) is 5.04. The zero-order valence-electron chi connectivity index (χ0n) is 11.0. The standard InChI is InChI=1S/C14H19ClO3/c1-10(2)9-17-6-7-18-14-5-4-12(11(3)16)8-13(14)15/h4-5,8,10H,6-7,9H2,1-3H3. The number of hydrogen-bond acceptors (Lipinski definition) is 3. The van der Waals surface area contributed by atoms with Crippen LogP contribution in [0.2, 0.25) is 5.02 Å². The molecule has 4 heteroatoms. The Hall–Kier alpha value is -1.06. The third-order valence-electron chi connectivity index (χ3n) is 2.27. The number of rotatable bonds is 7. The summed E-state index contributed by atoms with van der Waals surface area (Å²) in [7, 11) is 0. The van der Waals surface area contributed by atoms with Crippen molar-refractivity contribution in [1.29, 1.82) is 0 Å². The molecule has 0 radical (unpaired) electrons. The summed E-state index contributed by atoms with van der Waals surface area (Å²) in [5, 5.41) is 0.451. The van der Waals surface area contributed by atoms with Gasteiger partial charge in [-0.1, -0.05) is 25.4 Å². The molecular formula is C14H19ClO3. The highest BCUT2D eigenvalue weighted by molar-refractivity contribution is 6.32. The van der Waals surface area contributed by atoms with Crippen molar-refractivity contribution in [1.82, 2.24) is 0 Å². The second-order valence-electron chi connectivity index (χ2n) is 4.52. The van der Waals surface area contributed by atoms with E-state index in [0.29, 0.717) is 35.5 Å². The van der Waals surface area contributed by atoms with E-state index in [0.717, 1.165) is 6.61 Å². The van der Waals surface area contributed by atoms with Crippen LogP contribution in [0.1, 0.15) is 31.1 Å². The highest BCUT2D eigenvalue weighted by Crippen LogP contribution is 2.25. The van der Waals surface area contributed by atoms with Crippen LogP contribution in [0, 0.1) is 5.92 Å². The first-order valence-electron chi connectivity index (χ1n) is 6.01. The molecule has 0 aliphatic carbocycles. The van der Waals surface area contributed by atoms with Crippen LogP contribution < -0.4 is 4.74 Å². The smallest absolute Gasteiger partial charge is 0.159 e. The number of ketones is 1. The van der Waals surface area contributed by atoms with Crippen molar-refractivity contribution >= 4 is 17.4 Å². The van der Waals surface area contributed by atoms with Crippen LogP contribution in [0.15, 0.2) is 18.2 Å². The molecule has 1 rings (SSSR count). The van der Waals surface area contributed by atoms with Crippen molar-refractivity contribution in [2.45, 2.75) is 20.8 Å². The van der Waals surface area contributed by atoms with E-state index < -0.39 is 0 Å². The molecule has 0 amide bonds. The molecular weight excluding hydrogens is 252 g/mol. The lowest BCUT2D eigenvalue weighted by atomic mass is 10.1. The predicted octanol–water partition coefficient (Wildman–Crippen LogP) is 3.59. The van der Waals surface area contributed by atoms with Crippen LogP contribution in [0.4, 0.5) is 0 Å². The Labute approximate surface area is 113 Å². The van der Waals surface area contributed by atoms with Gasteiger partial charge in [-0.3, -0.25) is 4.79 Å². The van der Waals surface area contributed by atoms with Crippen LogP contribution in [-0.4, -0.2) is 25.6 Å². The second kappa shape index (κ2) is 7.39. The van der Waals surface area contributed by atoms with Crippen molar-refractivity contribution in [2.24, 2.45) is 5.92 Å². The molecule has 0 N–H and O–H groups in total. The molecule has 0 spiro atoms. The highest BCUT2D eigenvalue weighted by Gasteiger charge is 2.05. The lowest BCUT2D eigenvalue weighted by Crippen LogP contribution is -2.10. The number of ether oxygens (including phenoxy) is 2. The Bertz CT molecular complexity index is 402. The van der Waals surface area contributed by atoms with Crippen molar-refractivity contribution in [3.8, 4) is 5.75 Å². The summed E-state index contributed by atoms with van der Waals surface area (Å²) in [5.74, 6) is 1.09. The molecule has 18 heavy (non-hydrogen) atoms. The van der Waals surface area contributed by atoms with Crippen molar-refractivity contribution in [2.75, 3.05) is 19.8 Å². The largest absolute Gasteiger partial charge is 0.490 e. The monoisotopic (exact) mass is 270 g/mol. The SMILES string of the molecule is CC(=O)c1ccc(OCCOCC(C)C)c(Cl)c1. The first-order valence-corrected chi connectivity index (χ1v) is 6.39. The molecule has 0 aromatic heterocycles. The maximum absolute atomic E-state index is 11.2. The minimum atomic E-state index is -0.0104. The van der Waals surface area contributed by atoms with Gasteiger partial charge in [0.1, 0.15) is 12.4 Å². The molecule has 100 valence electrons. The Balaban J connectivity index is 2.41. The minimum absolute atomic E-state index is 0.0104. The first-order chi connectivity index (χ1) is 8.50. The number of Topliss-reactive ketones (excluding diaryl/α,β-unsaturated/α-hetero) is 1. The third kappa shape index (κ3) is 5.07. The zero-order valence-corrected chi connectivity index (χ0v) is 11.8. The lowest BCUT2D eigenvalue weighted by molar-refractivity contribution is 0.0819. The maximum Gasteiger partial charge on any atom is 0.159 e. The summed E-state index contributed by atoms with van der Waals surface area (Å²) in [6.45, 7) is 7.40. The molecule has 0 fully saturated rings. The molecule has 0 unspecified atom stereocenters. The fraction of sp³-hybridized carbons (Fsp3) is 0.500. The van der Waals surface area contributed by atoms with E-state index in [4.69, 9.17) is 21.1 Å². The molecule has 0 heterocycles. The minimum Gasteiger partial charge on any atom is -0.490 e. The van der Waals surface area contributed by atoms with Crippen LogP contribution in [-0.2, 0) is 4.74 Å².